The second kappa shape index (κ2) is 7.12. The van der Waals surface area contributed by atoms with E-state index in [2.05, 4.69) is 26.1 Å². The van der Waals surface area contributed by atoms with Crippen LogP contribution in [0.2, 0.25) is 0 Å². The predicted octanol–water partition coefficient (Wildman–Crippen LogP) is 3.37. The summed E-state index contributed by atoms with van der Waals surface area (Å²) in [5.41, 5.74) is -0.0433. The van der Waals surface area contributed by atoms with E-state index in [0.29, 0.717) is 17.8 Å². The third-order valence-corrected chi connectivity index (χ3v) is 4.37. The maximum absolute atomic E-state index is 12.9. The average molecular weight is 369 g/mol. The molecule has 0 amide bonds. The molecule has 1 aromatic rings. The summed E-state index contributed by atoms with van der Waals surface area (Å²) in [6, 6.07) is 0. The Hall–Kier alpha value is -1.95. The van der Waals surface area contributed by atoms with Gasteiger partial charge in [0.25, 0.3) is 5.56 Å². The smallest absolute Gasteiger partial charge is 0.347 e. The molecule has 0 saturated heterocycles. The zero-order chi connectivity index (χ0) is 18.9. The van der Waals surface area contributed by atoms with Gasteiger partial charge in [-0.25, -0.2) is 4.79 Å². The fourth-order valence-corrected chi connectivity index (χ4v) is 3.12. The number of rotatable bonds is 4. The fourth-order valence-electron chi connectivity index (χ4n) is 2.73. The normalized spacial score (nSPS) is 16.7. The van der Waals surface area contributed by atoms with Crippen LogP contribution in [0.1, 0.15) is 68.2 Å². The first-order valence-corrected chi connectivity index (χ1v) is 8.76. The summed E-state index contributed by atoms with van der Waals surface area (Å²) >= 11 is 6.34. The van der Waals surface area contributed by atoms with Crippen LogP contribution >= 0.6 is 11.6 Å². The number of allylic oxidation sites excluding steroid dienone is 1. The van der Waals surface area contributed by atoms with Crippen molar-refractivity contribution in [2.75, 3.05) is 6.61 Å². The van der Waals surface area contributed by atoms with Gasteiger partial charge in [0.05, 0.1) is 17.9 Å². The largest absolute Gasteiger partial charge is 0.506 e. The molecule has 1 aliphatic rings. The molecule has 0 aromatic carbocycles. The Morgan fingerprint density at radius 2 is 2.08 bits per heavy atom. The van der Waals surface area contributed by atoms with Gasteiger partial charge in [-0.2, -0.15) is 0 Å². The van der Waals surface area contributed by atoms with Crippen molar-refractivity contribution in [2.24, 2.45) is 5.41 Å². The lowest BCUT2D eigenvalue weighted by Crippen LogP contribution is -2.34. The SMILES string of the molecule is CCOC(=O)c1c(O)c2c(n(CCC(C)(C)C)c1=O)C=C(C)NC2Cl. The van der Waals surface area contributed by atoms with Crippen LogP contribution in [0.15, 0.2) is 10.5 Å². The van der Waals surface area contributed by atoms with Crippen LogP contribution in [0.3, 0.4) is 0 Å². The Bertz CT molecular complexity index is 775. The van der Waals surface area contributed by atoms with Crippen molar-refractivity contribution < 1.29 is 14.6 Å². The van der Waals surface area contributed by atoms with Gasteiger partial charge >= 0.3 is 5.97 Å². The first-order chi connectivity index (χ1) is 11.6. The lowest BCUT2D eigenvalue weighted by molar-refractivity contribution is 0.0519. The van der Waals surface area contributed by atoms with E-state index in [9.17, 15) is 14.7 Å². The van der Waals surface area contributed by atoms with E-state index in [0.717, 1.165) is 12.1 Å². The van der Waals surface area contributed by atoms with Gasteiger partial charge in [-0.05, 0) is 31.8 Å². The van der Waals surface area contributed by atoms with E-state index in [1.807, 2.05) is 6.92 Å². The topological polar surface area (TPSA) is 80.6 Å². The molecule has 25 heavy (non-hydrogen) atoms. The average Bonchev–Trinajstić information content (AvgIpc) is 2.45. The predicted molar refractivity (Wildman–Crippen MR) is 97.8 cm³/mol. The summed E-state index contributed by atoms with van der Waals surface area (Å²) in [6.45, 7) is 10.2. The molecular weight excluding hydrogens is 344 g/mol. The molecule has 1 aliphatic heterocycles. The van der Waals surface area contributed by atoms with E-state index in [4.69, 9.17) is 16.3 Å². The first kappa shape index (κ1) is 19.4. The molecule has 0 radical (unpaired) electrons. The van der Waals surface area contributed by atoms with Crippen molar-refractivity contribution in [1.29, 1.82) is 0 Å². The van der Waals surface area contributed by atoms with E-state index >= 15 is 0 Å². The van der Waals surface area contributed by atoms with Crippen LogP contribution < -0.4 is 10.9 Å². The van der Waals surface area contributed by atoms with E-state index in [1.54, 1.807) is 13.0 Å². The number of pyridine rings is 1. The Morgan fingerprint density at radius 3 is 2.64 bits per heavy atom. The Morgan fingerprint density at radius 1 is 1.44 bits per heavy atom. The highest BCUT2D eigenvalue weighted by Gasteiger charge is 2.31. The minimum absolute atomic E-state index is 0.000339. The Labute approximate surface area is 152 Å². The molecule has 1 unspecified atom stereocenters. The quantitative estimate of drug-likeness (QED) is 0.484. The highest BCUT2D eigenvalue weighted by Crippen LogP contribution is 2.37. The molecule has 2 rings (SSSR count). The number of aromatic nitrogens is 1. The van der Waals surface area contributed by atoms with Gasteiger partial charge in [0.15, 0.2) is 5.56 Å². The molecule has 7 heteroatoms. The number of halogens is 1. The zero-order valence-electron chi connectivity index (χ0n) is 15.3. The molecule has 0 fully saturated rings. The summed E-state index contributed by atoms with van der Waals surface area (Å²) in [7, 11) is 0. The number of esters is 1. The maximum Gasteiger partial charge on any atom is 0.347 e. The summed E-state index contributed by atoms with van der Waals surface area (Å²) in [6.07, 6.45) is 2.48. The number of alkyl halides is 1. The lowest BCUT2D eigenvalue weighted by Gasteiger charge is -2.28. The minimum atomic E-state index is -0.840. The van der Waals surface area contributed by atoms with Crippen molar-refractivity contribution >= 4 is 23.6 Å². The van der Waals surface area contributed by atoms with Crippen LogP contribution in [0, 0.1) is 5.41 Å². The van der Waals surface area contributed by atoms with Gasteiger partial charge in [0.2, 0.25) is 0 Å². The Kier molecular flexibility index (Phi) is 5.52. The molecule has 6 nitrogen and oxygen atoms in total. The third-order valence-electron chi connectivity index (χ3n) is 4.04. The monoisotopic (exact) mass is 368 g/mol. The summed E-state index contributed by atoms with van der Waals surface area (Å²) in [4.78, 5) is 25.1. The summed E-state index contributed by atoms with van der Waals surface area (Å²) in [5.74, 6) is -1.26. The lowest BCUT2D eigenvalue weighted by atomic mass is 9.92. The first-order valence-electron chi connectivity index (χ1n) is 8.32. The van der Waals surface area contributed by atoms with Crippen LogP contribution in [0.25, 0.3) is 6.08 Å². The highest BCUT2D eigenvalue weighted by molar-refractivity contribution is 6.21. The second-order valence-corrected chi connectivity index (χ2v) is 7.78. The summed E-state index contributed by atoms with van der Waals surface area (Å²) < 4.78 is 6.45. The van der Waals surface area contributed by atoms with Gasteiger partial charge in [0, 0.05) is 12.2 Å². The van der Waals surface area contributed by atoms with Gasteiger partial charge in [-0.3, -0.25) is 4.79 Å². The standard InChI is InChI=1S/C18H25ClN2O4/c1-6-25-17(24)13-14(22)12-11(9-10(2)20-15(12)19)21(16(13)23)8-7-18(3,4)5/h9,15,20,22H,6-8H2,1-5H3. The van der Waals surface area contributed by atoms with Crippen LogP contribution in [0.4, 0.5) is 0 Å². The molecule has 0 saturated carbocycles. The maximum atomic E-state index is 12.9. The number of carbonyl (C=O) groups excluding carboxylic acids is 1. The van der Waals surface area contributed by atoms with Crippen molar-refractivity contribution in [1.82, 2.24) is 9.88 Å². The highest BCUT2D eigenvalue weighted by atomic mass is 35.5. The summed E-state index contributed by atoms with van der Waals surface area (Å²) in [5, 5.41) is 13.5. The molecule has 2 N–H and O–H groups in total. The van der Waals surface area contributed by atoms with Crippen molar-refractivity contribution in [3.8, 4) is 5.75 Å². The molecule has 138 valence electrons. The minimum Gasteiger partial charge on any atom is -0.506 e. The number of aromatic hydroxyl groups is 1. The van der Waals surface area contributed by atoms with Crippen LogP contribution in [-0.2, 0) is 11.3 Å². The van der Waals surface area contributed by atoms with E-state index in [1.165, 1.54) is 4.57 Å². The van der Waals surface area contributed by atoms with Gasteiger partial charge in [-0.15, -0.1) is 0 Å². The number of nitrogens with zero attached hydrogens (tertiary/aromatic N) is 1. The molecule has 0 spiro atoms. The number of carbonyl (C=O) groups is 1. The molecule has 1 atom stereocenters. The fraction of sp³-hybridized carbons (Fsp3) is 0.556. The van der Waals surface area contributed by atoms with E-state index < -0.39 is 22.8 Å². The molecule has 2 heterocycles. The van der Waals surface area contributed by atoms with Crippen molar-refractivity contribution in [2.45, 2.75) is 53.1 Å². The molecule has 0 bridgehead atoms. The van der Waals surface area contributed by atoms with Gasteiger partial charge in [0.1, 0.15) is 11.3 Å². The molecule has 0 aliphatic carbocycles. The van der Waals surface area contributed by atoms with Crippen molar-refractivity contribution in [3.63, 3.8) is 0 Å². The van der Waals surface area contributed by atoms with E-state index in [-0.39, 0.29) is 17.6 Å². The zero-order valence-corrected chi connectivity index (χ0v) is 16.0. The second-order valence-electron chi connectivity index (χ2n) is 7.34. The third kappa shape index (κ3) is 4.00. The van der Waals surface area contributed by atoms with Crippen LogP contribution in [0.5, 0.6) is 5.75 Å². The van der Waals surface area contributed by atoms with Crippen LogP contribution in [-0.4, -0.2) is 22.2 Å². The van der Waals surface area contributed by atoms with Crippen molar-refractivity contribution in [3.05, 3.63) is 32.9 Å². The Balaban J connectivity index is 2.72. The number of hydrogen-bond donors (Lipinski definition) is 2. The number of hydrogen-bond acceptors (Lipinski definition) is 5. The van der Waals surface area contributed by atoms with Gasteiger partial charge in [-0.1, -0.05) is 32.4 Å². The molecule has 1 aromatic heterocycles. The van der Waals surface area contributed by atoms with Gasteiger partial charge < -0.3 is 19.7 Å². The number of fused-ring (bicyclic) bond motifs is 1. The molecular formula is C18H25ClN2O4. The number of nitrogens with one attached hydrogen (secondary N) is 1. The number of ether oxygens (including phenoxy) is 1.